The molecule has 0 spiro atoms. The summed E-state index contributed by atoms with van der Waals surface area (Å²) < 4.78 is 0. The highest BCUT2D eigenvalue weighted by atomic mass is 15.2. The summed E-state index contributed by atoms with van der Waals surface area (Å²) in [5.41, 5.74) is 0.375. The summed E-state index contributed by atoms with van der Waals surface area (Å²) in [6.07, 6.45) is 6.03. The summed E-state index contributed by atoms with van der Waals surface area (Å²) in [7, 11) is 0. The van der Waals surface area contributed by atoms with Gasteiger partial charge in [-0.25, -0.2) is 4.98 Å². The van der Waals surface area contributed by atoms with Crippen LogP contribution in [-0.4, -0.2) is 29.6 Å². The van der Waals surface area contributed by atoms with E-state index in [1.807, 2.05) is 6.20 Å². The van der Waals surface area contributed by atoms with Crippen LogP contribution in [0.25, 0.3) is 0 Å². The first-order valence-corrected chi connectivity index (χ1v) is 7.31. The van der Waals surface area contributed by atoms with Gasteiger partial charge in [0, 0.05) is 19.6 Å². The highest BCUT2D eigenvalue weighted by Crippen LogP contribution is 2.35. The van der Waals surface area contributed by atoms with Crippen molar-refractivity contribution in [2.45, 2.75) is 40.5 Å². The Morgan fingerprint density at radius 1 is 1.37 bits per heavy atom. The van der Waals surface area contributed by atoms with Gasteiger partial charge in [0.15, 0.2) is 0 Å². The number of anilines is 2. The molecule has 0 amide bonds. The van der Waals surface area contributed by atoms with Gasteiger partial charge in [0.2, 0.25) is 0 Å². The van der Waals surface area contributed by atoms with E-state index in [1.54, 1.807) is 6.20 Å². The van der Waals surface area contributed by atoms with Crippen molar-refractivity contribution in [3.8, 4) is 0 Å². The van der Waals surface area contributed by atoms with Gasteiger partial charge in [0.1, 0.15) is 11.6 Å². The molecule has 1 unspecified atom stereocenters. The van der Waals surface area contributed by atoms with Crippen molar-refractivity contribution in [1.82, 2.24) is 9.97 Å². The molecule has 4 heteroatoms. The Kier molecular flexibility index (Phi) is 4.27. The minimum atomic E-state index is 0.375. The SMILES string of the molecule is CCCNc1cncc(N2CCC(C(C)(C)C)C2)n1. The molecule has 4 nitrogen and oxygen atoms in total. The molecule has 1 fully saturated rings. The summed E-state index contributed by atoms with van der Waals surface area (Å²) in [4.78, 5) is 11.3. The molecule has 0 radical (unpaired) electrons. The molecule has 106 valence electrons. The van der Waals surface area contributed by atoms with Crippen LogP contribution in [0.5, 0.6) is 0 Å². The van der Waals surface area contributed by atoms with Crippen LogP contribution in [0.3, 0.4) is 0 Å². The molecular weight excluding hydrogens is 236 g/mol. The third kappa shape index (κ3) is 3.58. The highest BCUT2D eigenvalue weighted by molar-refractivity contribution is 5.44. The van der Waals surface area contributed by atoms with Crippen LogP contribution in [0, 0.1) is 11.3 Å². The number of hydrogen-bond donors (Lipinski definition) is 1. The third-order valence-corrected chi connectivity index (χ3v) is 3.91. The van der Waals surface area contributed by atoms with Crippen molar-refractivity contribution in [3.63, 3.8) is 0 Å². The third-order valence-electron chi connectivity index (χ3n) is 3.91. The smallest absolute Gasteiger partial charge is 0.149 e. The number of rotatable bonds is 4. The number of nitrogens with zero attached hydrogens (tertiary/aromatic N) is 3. The maximum atomic E-state index is 4.66. The first-order valence-electron chi connectivity index (χ1n) is 7.31. The van der Waals surface area contributed by atoms with E-state index < -0.39 is 0 Å². The van der Waals surface area contributed by atoms with Crippen LogP contribution in [0.1, 0.15) is 40.5 Å². The average molecular weight is 262 g/mol. The number of aromatic nitrogens is 2. The van der Waals surface area contributed by atoms with E-state index in [1.165, 1.54) is 6.42 Å². The molecule has 0 saturated carbocycles. The summed E-state index contributed by atoms with van der Waals surface area (Å²) in [6.45, 7) is 12.3. The normalized spacial score (nSPS) is 19.8. The lowest BCUT2D eigenvalue weighted by Crippen LogP contribution is -2.26. The van der Waals surface area contributed by atoms with Crippen molar-refractivity contribution < 1.29 is 0 Å². The lowest BCUT2D eigenvalue weighted by molar-refractivity contribution is 0.263. The Morgan fingerprint density at radius 3 is 2.79 bits per heavy atom. The quantitative estimate of drug-likeness (QED) is 0.905. The van der Waals surface area contributed by atoms with Gasteiger partial charge >= 0.3 is 0 Å². The van der Waals surface area contributed by atoms with Crippen LogP contribution in [0.15, 0.2) is 12.4 Å². The number of hydrogen-bond acceptors (Lipinski definition) is 4. The highest BCUT2D eigenvalue weighted by Gasteiger charge is 2.32. The van der Waals surface area contributed by atoms with Crippen LogP contribution < -0.4 is 10.2 Å². The van der Waals surface area contributed by atoms with Crippen molar-refractivity contribution >= 4 is 11.6 Å². The zero-order valence-corrected chi connectivity index (χ0v) is 12.6. The fourth-order valence-corrected chi connectivity index (χ4v) is 2.52. The molecule has 1 N–H and O–H groups in total. The van der Waals surface area contributed by atoms with E-state index in [-0.39, 0.29) is 0 Å². The molecule has 1 saturated heterocycles. The van der Waals surface area contributed by atoms with E-state index in [9.17, 15) is 0 Å². The minimum absolute atomic E-state index is 0.375. The second kappa shape index (κ2) is 5.76. The van der Waals surface area contributed by atoms with Crippen molar-refractivity contribution in [1.29, 1.82) is 0 Å². The second-order valence-corrected chi connectivity index (χ2v) is 6.49. The maximum absolute atomic E-state index is 4.66. The first-order chi connectivity index (χ1) is 9.00. The molecule has 1 aliphatic rings. The summed E-state index contributed by atoms with van der Waals surface area (Å²) in [6, 6.07) is 0. The zero-order chi connectivity index (χ0) is 13.9. The molecular formula is C15H26N4. The summed E-state index contributed by atoms with van der Waals surface area (Å²) in [5.74, 6) is 2.63. The molecule has 1 atom stereocenters. The van der Waals surface area contributed by atoms with Crippen LogP contribution in [0.2, 0.25) is 0 Å². The lowest BCUT2D eigenvalue weighted by atomic mass is 9.80. The standard InChI is InChI=1S/C15H26N4/c1-5-7-17-13-9-16-10-14(18-13)19-8-6-12(11-19)15(2,3)4/h9-10,12H,5-8,11H2,1-4H3,(H,17,18). The molecule has 19 heavy (non-hydrogen) atoms. The van der Waals surface area contributed by atoms with E-state index >= 15 is 0 Å². The van der Waals surface area contributed by atoms with Crippen molar-refractivity contribution in [3.05, 3.63) is 12.4 Å². The van der Waals surface area contributed by atoms with Crippen molar-refractivity contribution in [2.75, 3.05) is 29.9 Å². The Bertz CT molecular complexity index is 411. The molecule has 1 aliphatic heterocycles. The van der Waals surface area contributed by atoms with E-state index in [0.717, 1.165) is 43.6 Å². The largest absolute Gasteiger partial charge is 0.369 e. The number of nitrogens with one attached hydrogen (secondary N) is 1. The predicted molar refractivity (Wildman–Crippen MR) is 80.6 cm³/mol. The molecule has 2 rings (SSSR count). The van der Waals surface area contributed by atoms with Gasteiger partial charge in [-0.3, -0.25) is 4.98 Å². The molecule has 0 bridgehead atoms. The predicted octanol–water partition coefficient (Wildman–Crippen LogP) is 3.17. The molecule has 1 aromatic heterocycles. The molecule has 0 aliphatic carbocycles. The minimum Gasteiger partial charge on any atom is -0.369 e. The topological polar surface area (TPSA) is 41.1 Å². The fraction of sp³-hybridized carbons (Fsp3) is 0.733. The Balaban J connectivity index is 2.03. The summed E-state index contributed by atoms with van der Waals surface area (Å²) in [5, 5.41) is 3.30. The molecule has 0 aromatic carbocycles. The van der Waals surface area contributed by atoms with Gasteiger partial charge in [-0.15, -0.1) is 0 Å². The zero-order valence-electron chi connectivity index (χ0n) is 12.6. The Labute approximate surface area is 116 Å². The van der Waals surface area contributed by atoms with Gasteiger partial charge in [-0.05, 0) is 24.2 Å². The second-order valence-electron chi connectivity index (χ2n) is 6.49. The van der Waals surface area contributed by atoms with Gasteiger partial charge in [0.05, 0.1) is 12.4 Å². The van der Waals surface area contributed by atoms with Crippen molar-refractivity contribution in [2.24, 2.45) is 11.3 Å². The monoisotopic (exact) mass is 262 g/mol. The Hall–Kier alpha value is -1.32. The Morgan fingerprint density at radius 2 is 2.16 bits per heavy atom. The van der Waals surface area contributed by atoms with Gasteiger partial charge in [0.25, 0.3) is 0 Å². The molecule has 1 aromatic rings. The van der Waals surface area contributed by atoms with Gasteiger partial charge in [-0.1, -0.05) is 27.7 Å². The van der Waals surface area contributed by atoms with Crippen LogP contribution in [-0.2, 0) is 0 Å². The van der Waals surface area contributed by atoms with E-state index in [4.69, 9.17) is 0 Å². The van der Waals surface area contributed by atoms with Crippen LogP contribution in [0.4, 0.5) is 11.6 Å². The summed E-state index contributed by atoms with van der Waals surface area (Å²) >= 11 is 0. The lowest BCUT2D eigenvalue weighted by Gasteiger charge is -2.27. The average Bonchev–Trinajstić information content (AvgIpc) is 2.86. The van der Waals surface area contributed by atoms with E-state index in [0.29, 0.717) is 5.41 Å². The van der Waals surface area contributed by atoms with Crippen LogP contribution >= 0.6 is 0 Å². The first kappa shape index (κ1) is 14.1. The van der Waals surface area contributed by atoms with Gasteiger partial charge < -0.3 is 10.2 Å². The van der Waals surface area contributed by atoms with Gasteiger partial charge in [-0.2, -0.15) is 0 Å². The fourth-order valence-electron chi connectivity index (χ4n) is 2.52. The van der Waals surface area contributed by atoms with E-state index in [2.05, 4.69) is 47.9 Å². The maximum Gasteiger partial charge on any atom is 0.149 e. The molecule has 2 heterocycles.